The summed E-state index contributed by atoms with van der Waals surface area (Å²) >= 11 is 1.69. The number of hydrogen-bond acceptors (Lipinski definition) is 3. The average molecular weight is 300 g/mol. The van der Waals surface area contributed by atoms with E-state index in [1.54, 1.807) is 11.3 Å². The largest absolute Gasteiger partial charge is 0.362 e. The molecule has 0 atom stereocenters. The molecule has 1 fully saturated rings. The molecule has 0 amide bonds. The van der Waals surface area contributed by atoms with Crippen molar-refractivity contribution in [3.8, 4) is 11.3 Å². The highest BCUT2D eigenvalue weighted by molar-refractivity contribution is 7.14. The summed E-state index contributed by atoms with van der Waals surface area (Å²) in [6, 6.07) is 9.10. The first kappa shape index (κ1) is 14.6. The summed E-state index contributed by atoms with van der Waals surface area (Å²) in [5.74, 6) is 0.782. The van der Waals surface area contributed by atoms with Crippen molar-refractivity contribution in [2.75, 3.05) is 11.9 Å². The Morgan fingerprint density at radius 3 is 2.62 bits per heavy atom. The number of rotatable bonds is 5. The van der Waals surface area contributed by atoms with Crippen LogP contribution >= 0.6 is 11.3 Å². The molecule has 3 rings (SSSR count). The van der Waals surface area contributed by atoms with Gasteiger partial charge in [-0.25, -0.2) is 4.98 Å². The second-order valence-electron chi connectivity index (χ2n) is 5.92. The lowest BCUT2D eigenvalue weighted by atomic mass is 9.84. The third-order valence-electron chi connectivity index (χ3n) is 4.31. The van der Waals surface area contributed by atoms with Crippen LogP contribution in [0.4, 0.5) is 5.13 Å². The van der Waals surface area contributed by atoms with Crippen molar-refractivity contribution in [1.82, 2.24) is 4.98 Å². The normalized spacial score (nSPS) is 16.0. The van der Waals surface area contributed by atoms with Crippen molar-refractivity contribution in [3.05, 3.63) is 35.2 Å². The summed E-state index contributed by atoms with van der Waals surface area (Å²) < 4.78 is 0. The Morgan fingerprint density at radius 1 is 1.14 bits per heavy atom. The fourth-order valence-electron chi connectivity index (χ4n) is 3.08. The Kier molecular flexibility index (Phi) is 4.91. The number of aromatic nitrogens is 1. The molecule has 0 saturated heterocycles. The average Bonchev–Trinajstić information content (AvgIpc) is 3.03. The predicted octanol–water partition coefficient (Wildman–Crippen LogP) is 5.68. The van der Waals surface area contributed by atoms with Gasteiger partial charge >= 0.3 is 0 Å². The molecule has 0 unspecified atom stereocenters. The SMILES string of the molecule is CCCNc1nc(-c2ccc(C3CCCCC3)cc2)cs1. The summed E-state index contributed by atoms with van der Waals surface area (Å²) in [5, 5.41) is 6.53. The zero-order chi connectivity index (χ0) is 14.5. The van der Waals surface area contributed by atoms with Gasteiger partial charge in [-0.15, -0.1) is 11.3 Å². The van der Waals surface area contributed by atoms with Crippen LogP contribution in [0.5, 0.6) is 0 Å². The zero-order valence-corrected chi connectivity index (χ0v) is 13.6. The highest BCUT2D eigenvalue weighted by Crippen LogP contribution is 2.33. The number of nitrogens with zero attached hydrogens (tertiary/aromatic N) is 1. The molecule has 0 spiro atoms. The van der Waals surface area contributed by atoms with Crippen molar-refractivity contribution in [2.45, 2.75) is 51.4 Å². The lowest BCUT2D eigenvalue weighted by Gasteiger charge is -2.22. The third-order valence-corrected chi connectivity index (χ3v) is 5.11. The van der Waals surface area contributed by atoms with Crippen LogP contribution in [0.2, 0.25) is 0 Å². The van der Waals surface area contributed by atoms with Crippen molar-refractivity contribution >= 4 is 16.5 Å². The minimum absolute atomic E-state index is 0.782. The van der Waals surface area contributed by atoms with Crippen LogP contribution in [0.1, 0.15) is 56.9 Å². The molecule has 1 heterocycles. The Balaban J connectivity index is 1.69. The van der Waals surface area contributed by atoms with Crippen LogP contribution in [0.15, 0.2) is 29.6 Å². The highest BCUT2D eigenvalue weighted by Gasteiger charge is 2.15. The first-order valence-electron chi connectivity index (χ1n) is 8.16. The molecule has 3 heteroatoms. The van der Waals surface area contributed by atoms with E-state index in [4.69, 9.17) is 0 Å². The minimum Gasteiger partial charge on any atom is -0.362 e. The van der Waals surface area contributed by atoms with Gasteiger partial charge in [0.15, 0.2) is 5.13 Å². The second-order valence-corrected chi connectivity index (χ2v) is 6.78. The van der Waals surface area contributed by atoms with Gasteiger partial charge in [-0.2, -0.15) is 0 Å². The standard InChI is InChI=1S/C18H24N2S/c1-2-12-19-18-20-17(13-21-18)16-10-8-15(9-11-16)14-6-4-3-5-7-14/h8-11,13-14H,2-7,12H2,1H3,(H,19,20). The molecule has 21 heavy (non-hydrogen) atoms. The number of nitrogens with one attached hydrogen (secondary N) is 1. The summed E-state index contributed by atoms with van der Waals surface area (Å²) in [6.45, 7) is 3.17. The summed E-state index contributed by atoms with van der Waals surface area (Å²) in [7, 11) is 0. The molecule has 1 N–H and O–H groups in total. The van der Waals surface area contributed by atoms with Gasteiger partial charge in [-0.1, -0.05) is 50.5 Å². The fraction of sp³-hybridized carbons (Fsp3) is 0.500. The van der Waals surface area contributed by atoms with Crippen LogP contribution in [0, 0.1) is 0 Å². The Bertz CT molecular complexity index is 553. The van der Waals surface area contributed by atoms with Gasteiger partial charge in [0.2, 0.25) is 0 Å². The van der Waals surface area contributed by atoms with Gasteiger partial charge < -0.3 is 5.32 Å². The molecular weight excluding hydrogens is 276 g/mol. The summed E-state index contributed by atoms with van der Waals surface area (Å²) in [6.07, 6.45) is 8.06. The summed E-state index contributed by atoms with van der Waals surface area (Å²) in [4.78, 5) is 4.67. The molecule has 2 nitrogen and oxygen atoms in total. The van der Waals surface area contributed by atoms with E-state index < -0.39 is 0 Å². The van der Waals surface area contributed by atoms with E-state index >= 15 is 0 Å². The quantitative estimate of drug-likeness (QED) is 0.768. The van der Waals surface area contributed by atoms with Crippen LogP contribution in [0.3, 0.4) is 0 Å². The van der Waals surface area contributed by atoms with Gasteiger partial charge in [-0.3, -0.25) is 0 Å². The molecule has 1 saturated carbocycles. The van der Waals surface area contributed by atoms with Crippen LogP contribution in [-0.2, 0) is 0 Å². The van der Waals surface area contributed by atoms with Crippen LogP contribution in [-0.4, -0.2) is 11.5 Å². The molecule has 0 bridgehead atoms. The van der Waals surface area contributed by atoms with E-state index in [9.17, 15) is 0 Å². The van der Waals surface area contributed by atoms with Gasteiger partial charge in [0.1, 0.15) is 0 Å². The predicted molar refractivity (Wildman–Crippen MR) is 92.2 cm³/mol. The lowest BCUT2D eigenvalue weighted by Crippen LogP contribution is -2.04. The second kappa shape index (κ2) is 7.08. The molecule has 0 radical (unpaired) electrons. The van der Waals surface area contributed by atoms with E-state index in [2.05, 4.69) is 46.9 Å². The monoisotopic (exact) mass is 300 g/mol. The fourth-order valence-corrected chi connectivity index (χ4v) is 3.83. The van der Waals surface area contributed by atoms with E-state index in [0.717, 1.165) is 29.7 Å². The van der Waals surface area contributed by atoms with E-state index in [0.29, 0.717) is 0 Å². The van der Waals surface area contributed by atoms with Crippen LogP contribution in [0.25, 0.3) is 11.3 Å². The van der Waals surface area contributed by atoms with Crippen LogP contribution < -0.4 is 5.32 Å². The highest BCUT2D eigenvalue weighted by atomic mass is 32.1. The van der Waals surface area contributed by atoms with Gasteiger partial charge in [0.25, 0.3) is 0 Å². The molecule has 1 aromatic carbocycles. The van der Waals surface area contributed by atoms with E-state index in [-0.39, 0.29) is 0 Å². The van der Waals surface area contributed by atoms with Gasteiger partial charge in [0.05, 0.1) is 5.69 Å². The molecule has 1 aliphatic carbocycles. The Hall–Kier alpha value is -1.35. The van der Waals surface area contributed by atoms with E-state index in [1.165, 1.54) is 43.2 Å². The van der Waals surface area contributed by atoms with Crippen molar-refractivity contribution in [2.24, 2.45) is 0 Å². The first-order chi connectivity index (χ1) is 10.4. The number of hydrogen-bond donors (Lipinski definition) is 1. The lowest BCUT2D eigenvalue weighted by molar-refractivity contribution is 0.443. The molecule has 2 aromatic rings. The molecular formula is C18H24N2S. The smallest absolute Gasteiger partial charge is 0.183 e. The van der Waals surface area contributed by atoms with Crippen molar-refractivity contribution < 1.29 is 0 Å². The maximum atomic E-state index is 4.67. The minimum atomic E-state index is 0.782. The number of anilines is 1. The number of thiazole rings is 1. The maximum Gasteiger partial charge on any atom is 0.183 e. The third kappa shape index (κ3) is 3.65. The topological polar surface area (TPSA) is 24.9 Å². The Morgan fingerprint density at radius 2 is 1.90 bits per heavy atom. The Labute approximate surface area is 131 Å². The zero-order valence-electron chi connectivity index (χ0n) is 12.8. The summed E-state index contributed by atoms with van der Waals surface area (Å²) in [5.41, 5.74) is 3.84. The molecule has 0 aliphatic heterocycles. The van der Waals surface area contributed by atoms with Gasteiger partial charge in [-0.05, 0) is 30.7 Å². The maximum absolute atomic E-state index is 4.67. The van der Waals surface area contributed by atoms with Crippen molar-refractivity contribution in [3.63, 3.8) is 0 Å². The van der Waals surface area contributed by atoms with Crippen molar-refractivity contribution in [1.29, 1.82) is 0 Å². The van der Waals surface area contributed by atoms with Gasteiger partial charge in [0, 0.05) is 17.5 Å². The number of benzene rings is 1. The molecule has 112 valence electrons. The first-order valence-corrected chi connectivity index (χ1v) is 9.04. The van der Waals surface area contributed by atoms with E-state index in [1.807, 2.05) is 0 Å². The molecule has 1 aromatic heterocycles. The molecule has 1 aliphatic rings.